The number of piperidine rings is 1. The van der Waals surface area contributed by atoms with E-state index in [1.54, 1.807) is 17.0 Å². The van der Waals surface area contributed by atoms with Crippen molar-refractivity contribution >= 4 is 23.4 Å². The summed E-state index contributed by atoms with van der Waals surface area (Å²) in [5, 5.41) is 3.10. The molecule has 1 aromatic carbocycles. The lowest BCUT2D eigenvalue weighted by Gasteiger charge is -2.31. The van der Waals surface area contributed by atoms with Crippen molar-refractivity contribution in [1.29, 1.82) is 0 Å². The Hall–Kier alpha value is -2.34. The molecule has 7 heteroatoms. The van der Waals surface area contributed by atoms with Crippen LogP contribution in [0.5, 0.6) is 0 Å². The van der Waals surface area contributed by atoms with E-state index in [9.17, 15) is 14.0 Å². The Morgan fingerprint density at radius 1 is 1.27 bits per heavy atom. The number of hydrogen-bond donors (Lipinski definition) is 1. The Balaban J connectivity index is 1.44. The first-order valence-corrected chi connectivity index (χ1v) is 8.93. The zero-order valence-electron chi connectivity index (χ0n) is 14.2. The first kappa shape index (κ1) is 18.5. The van der Waals surface area contributed by atoms with E-state index in [1.807, 2.05) is 0 Å². The van der Waals surface area contributed by atoms with Crippen LogP contribution in [0, 0.1) is 11.7 Å². The maximum Gasteiger partial charge on any atom is 0.257 e. The smallest absolute Gasteiger partial charge is 0.257 e. The second kappa shape index (κ2) is 8.36. The molecule has 1 aromatic heterocycles. The number of likely N-dealkylation sites (tertiary alicyclic amines) is 1. The van der Waals surface area contributed by atoms with Gasteiger partial charge in [-0.05, 0) is 37.0 Å². The maximum atomic E-state index is 13.7. The Morgan fingerprint density at radius 3 is 2.69 bits per heavy atom. The highest BCUT2D eigenvalue weighted by Gasteiger charge is 2.24. The van der Waals surface area contributed by atoms with Crippen LogP contribution in [0.3, 0.4) is 0 Å². The standard InChI is InChI=1S/C19H20ClFN2O3/c20-16-2-1-3-17(21)15(16)10-18(24)22-11-13-4-7-23(8-5-13)19(25)14-6-9-26-12-14/h1-3,6,9,12-13H,4-5,7-8,10-11H2,(H,22,24). The molecule has 2 aromatic rings. The molecule has 1 aliphatic heterocycles. The molecule has 0 saturated carbocycles. The van der Waals surface area contributed by atoms with E-state index >= 15 is 0 Å². The number of carbonyl (C=O) groups excluding carboxylic acids is 2. The van der Waals surface area contributed by atoms with Gasteiger partial charge in [0.25, 0.3) is 5.91 Å². The summed E-state index contributed by atoms with van der Waals surface area (Å²) in [6, 6.07) is 6.03. The number of halogens is 2. The third kappa shape index (κ3) is 4.43. The van der Waals surface area contributed by atoms with Crippen molar-refractivity contribution in [3.8, 4) is 0 Å². The second-order valence-electron chi connectivity index (χ2n) is 6.43. The fourth-order valence-electron chi connectivity index (χ4n) is 3.09. The number of amides is 2. The topological polar surface area (TPSA) is 62.6 Å². The summed E-state index contributed by atoms with van der Waals surface area (Å²) in [5.74, 6) is -0.466. The second-order valence-corrected chi connectivity index (χ2v) is 6.84. The highest BCUT2D eigenvalue weighted by molar-refractivity contribution is 6.31. The van der Waals surface area contributed by atoms with Crippen LogP contribution in [-0.4, -0.2) is 36.3 Å². The van der Waals surface area contributed by atoms with Gasteiger partial charge in [-0.1, -0.05) is 17.7 Å². The zero-order valence-corrected chi connectivity index (χ0v) is 15.0. The molecule has 0 bridgehead atoms. The van der Waals surface area contributed by atoms with Crippen molar-refractivity contribution in [3.63, 3.8) is 0 Å². The molecular formula is C19H20ClFN2O3. The quantitative estimate of drug-likeness (QED) is 0.868. The molecule has 0 spiro atoms. The van der Waals surface area contributed by atoms with Gasteiger partial charge in [-0.25, -0.2) is 4.39 Å². The van der Waals surface area contributed by atoms with Gasteiger partial charge in [-0.3, -0.25) is 9.59 Å². The van der Waals surface area contributed by atoms with E-state index in [4.69, 9.17) is 16.0 Å². The molecule has 5 nitrogen and oxygen atoms in total. The van der Waals surface area contributed by atoms with Crippen LogP contribution >= 0.6 is 11.6 Å². The SMILES string of the molecule is O=C(Cc1c(F)cccc1Cl)NCC1CCN(C(=O)c2ccoc2)CC1. The molecular weight excluding hydrogens is 359 g/mol. The fourth-order valence-corrected chi connectivity index (χ4v) is 3.32. The highest BCUT2D eigenvalue weighted by atomic mass is 35.5. The van der Waals surface area contributed by atoms with Crippen LogP contribution in [0.25, 0.3) is 0 Å². The Labute approximate surface area is 156 Å². The summed E-state index contributed by atoms with van der Waals surface area (Å²) in [5.41, 5.74) is 0.769. The van der Waals surface area contributed by atoms with Crippen LogP contribution < -0.4 is 5.32 Å². The molecule has 1 aliphatic rings. The van der Waals surface area contributed by atoms with Crippen molar-refractivity contribution in [2.45, 2.75) is 19.3 Å². The minimum Gasteiger partial charge on any atom is -0.472 e. The minimum atomic E-state index is -0.473. The number of benzene rings is 1. The molecule has 26 heavy (non-hydrogen) atoms. The van der Waals surface area contributed by atoms with Gasteiger partial charge in [0.05, 0.1) is 18.2 Å². The van der Waals surface area contributed by atoms with Gasteiger partial charge in [0.1, 0.15) is 12.1 Å². The molecule has 2 heterocycles. The largest absolute Gasteiger partial charge is 0.472 e. The van der Waals surface area contributed by atoms with Crippen molar-refractivity contribution in [2.24, 2.45) is 5.92 Å². The van der Waals surface area contributed by atoms with Crippen molar-refractivity contribution in [3.05, 3.63) is 58.8 Å². The van der Waals surface area contributed by atoms with Crippen LogP contribution in [0.2, 0.25) is 5.02 Å². The van der Waals surface area contributed by atoms with Crippen LogP contribution in [-0.2, 0) is 11.2 Å². The predicted molar refractivity (Wildman–Crippen MR) is 95.5 cm³/mol. The Morgan fingerprint density at radius 2 is 2.04 bits per heavy atom. The number of nitrogens with one attached hydrogen (secondary N) is 1. The average molecular weight is 379 g/mol. The summed E-state index contributed by atoms with van der Waals surface area (Å²) in [4.78, 5) is 26.1. The van der Waals surface area contributed by atoms with E-state index in [-0.39, 0.29) is 28.8 Å². The van der Waals surface area contributed by atoms with Crippen molar-refractivity contribution in [1.82, 2.24) is 10.2 Å². The lowest BCUT2D eigenvalue weighted by Crippen LogP contribution is -2.41. The molecule has 1 N–H and O–H groups in total. The zero-order chi connectivity index (χ0) is 18.5. The summed E-state index contributed by atoms with van der Waals surface area (Å²) in [6.45, 7) is 1.80. The molecule has 0 radical (unpaired) electrons. The van der Waals surface area contributed by atoms with E-state index in [2.05, 4.69) is 5.32 Å². The summed E-state index contributed by atoms with van der Waals surface area (Å²) in [7, 11) is 0. The normalized spacial score (nSPS) is 15.1. The van der Waals surface area contributed by atoms with Gasteiger partial charge >= 0.3 is 0 Å². The van der Waals surface area contributed by atoms with Gasteiger partial charge in [0.15, 0.2) is 0 Å². The third-order valence-electron chi connectivity index (χ3n) is 4.66. The number of rotatable bonds is 5. The number of hydrogen-bond acceptors (Lipinski definition) is 3. The molecule has 0 aliphatic carbocycles. The van der Waals surface area contributed by atoms with Crippen LogP contribution in [0.1, 0.15) is 28.8 Å². The Kier molecular flexibility index (Phi) is 5.93. The van der Waals surface area contributed by atoms with Crippen LogP contribution in [0.4, 0.5) is 4.39 Å². The molecule has 3 rings (SSSR count). The number of nitrogens with zero attached hydrogens (tertiary/aromatic N) is 1. The van der Waals surface area contributed by atoms with Gasteiger partial charge < -0.3 is 14.6 Å². The average Bonchev–Trinajstić information content (AvgIpc) is 3.18. The molecule has 1 saturated heterocycles. The molecule has 138 valence electrons. The summed E-state index contributed by atoms with van der Waals surface area (Å²) < 4.78 is 18.7. The van der Waals surface area contributed by atoms with E-state index in [1.165, 1.54) is 24.7 Å². The molecule has 0 atom stereocenters. The van der Waals surface area contributed by atoms with E-state index < -0.39 is 5.82 Å². The highest BCUT2D eigenvalue weighted by Crippen LogP contribution is 2.21. The lowest BCUT2D eigenvalue weighted by atomic mass is 9.96. The molecule has 0 unspecified atom stereocenters. The fraction of sp³-hybridized carbons (Fsp3) is 0.368. The van der Waals surface area contributed by atoms with E-state index in [0.29, 0.717) is 31.1 Å². The monoisotopic (exact) mass is 378 g/mol. The molecule has 2 amide bonds. The molecule has 1 fully saturated rings. The number of carbonyl (C=O) groups is 2. The van der Waals surface area contributed by atoms with E-state index in [0.717, 1.165) is 12.8 Å². The van der Waals surface area contributed by atoms with Gasteiger partial charge in [-0.15, -0.1) is 0 Å². The van der Waals surface area contributed by atoms with Crippen molar-refractivity contribution < 1.29 is 18.4 Å². The Bertz CT molecular complexity index is 751. The van der Waals surface area contributed by atoms with Crippen molar-refractivity contribution in [2.75, 3.05) is 19.6 Å². The van der Waals surface area contributed by atoms with Gasteiger partial charge in [0, 0.05) is 30.2 Å². The first-order chi connectivity index (χ1) is 12.5. The third-order valence-corrected chi connectivity index (χ3v) is 5.01. The van der Waals surface area contributed by atoms with Gasteiger partial charge in [-0.2, -0.15) is 0 Å². The van der Waals surface area contributed by atoms with Gasteiger partial charge in [0.2, 0.25) is 5.91 Å². The summed E-state index contributed by atoms with van der Waals surface area (Å²) >= 11 is 5.95. The summed E-state index contributed by atoms with van der Waals surface area (Å²) in [6.07, 6.45) is 4.47. The minimum absolute atomic E-state index is 0.0320. The van der Waals surface area contributed by atoms with Crippen LogP contribution in [0.15, 0.2) is 41.2 Å². The predicted octanol–water partition coefficient (Wildman–Crippen LogP) is 3.28. The first-order valence-electron chi connectivity index (χ1n) is 8.55. The lowest BCUT2D eigenvalue weighted by molar-refractivity contribution is -0.120. The number of furan rings is 1. The maximum absolute atomic E-state index is 13.7.